The lowest BCUT2D eigenvalue weighted by atomic mass is 10.1. The van der Waals surface area contributed by atoms with Gasteiger partial charge in [-0.05, 0) is 73.9 Å². The number of hydrogen-bond acceptors (Lipinski definition) is 5. The summed E-state index contributed by atoms with van der Waals surface area (Å²) >= 11 is 12.3. The number of benzene rings is 3. The second-order valence-electron chi connectivity index (χ2n) is 8.73. The van der Waals surface area contributed by atoms with E-state index in [1.165, 1.54) is 0 Å². The van der Waals surface area contributed by atoms with E-state index in [9.17, 15) is 9.59 Å². The molecule has 1 atom stereocenters. The minimum Gasteiger partial charge on any atom is -0.431 e. The predicted octanol–water partition coefficient (Wildman–Crippen LogP) is 7.18. The highest BCUT2D eigenvalue weighted by Gasteiger charge is 2.28. The van der Waals surface area contributed by atoms with Gasteiger partial charge in [0.1, 0.15) is 12.9 Å². The zero-order valence-corrected chi connectivity index (χ0v) is 22.6. The maximum atomic E-state index is 13.4. The van der Waals surface area contributed by atoms with E-state index < -0.39 is 18.1 Å². The largest absolute Gasteiger partial charge is 0.431 e. The highest BCUT2D eigenvalue weighted by atomic mass is 35.5. The molecule has 0 spiro atoms. The molecule has 0 saturated carbocycles. The van der Waals surface area contributed by atoms with Gasteiger partial charge in [-0.1, -0.05) is 46.6 Å². The van der Waals surface area contributed by atoms with Crippen LogP contribution in [0, 0.1) is 6.92 Å². The number of hydrogen-bond donors (Lipinski definition) is 2. The molecular formula is C28H28Cl2N4O4. The Morgan fingerprint density at radius 3 is 2.42 bits per heavy atom. The topological polar surface area (TPSA) is 92.3 Å². The van der Waals surface area contributed by atoms with Gasteiger partial charge in [-0.15, -0.1) is 0 Å². The molecule has 1 aliphatic heterocycles. The van der Waals surface area contributed by atoms with Crippen molar-refractivity contribution in [2.45, 2.75) is 32.3 Å². The first-order valence-electron chi connectivity index (χ1n) is 12.1. The minimum atomic E-state index is -1.29. The second kappa shape index (κ2) is 12.7. The van der Waals surface area contributed by atoms with E-state index in [1.54, 1.807) is 61.7 Å². The fourth-order valence-electron chi connectivity index (χ4n) is 4.25. The Bertz CT molecular complexity index is 1330. The minimum absolute atomic E-state index is 0.300. The summed E-state index contributed by atoms with van der Waals surface area (Å²) in [7, 11) is 1.54. The van der Waals surface area contributed by atoms with Gasteiger partial charge < -0.3 is 19.8 Å². The summed E-state index contributed by atoms with van der Waals surface area (Å²) in [5, 5.41) is 10.5. The number of amidine groups is 1. The average Bonchev–Trinajstić information content (AvgIpc) is 2.90. The molecular weight excluding hydrogens is 527 g/mol. The molecule has 1 fully saturated rings. The number of piperidine rings is 1. The Morgan fingerprint density at radius 1 is 0.974 bits per heavy atom. The normalized spacial score (nSPS) is 15.1. The zero-order valence-electron chi connectivity index (χ0n) is 21.0. The van der Waals surface area contributed by atoms with Crippen LogP contribution in [-0.4, -0.2) is 31.5 Å². The second-order valence-corrected chi connectivity index (χ2v) is 9.57. The highest BCUT2D eigenvalue weighted by Crippen LogP contribution is 2.30. The Labute approximate surface area is 231 Å². The number of anilines is 3. The molecule has 3 aromatic carbocycles. The van der Waals surface area contributed by atoms with Gasteiger partial charge in [0.25, 0.3) is 5.91 Å². The lowest BCUT2D eigenvalue weighted by Gasteiger charge is -2.31. The molecule has 0 aromatic heterocycles. The Morgan fingerprint density at radius 2 is 1.71 bits per heavy atom. The molecule has 1 heterocycles. The molecule has 8 nitrogen and oxygen atoms in total. The Hall–Kier alpha value is -3.75. The summed E-state index contributed by atoms with van der Waals surface area (Å²) in [5.41, 5.74) is 3.32. The fraction of sp³-hybridized carbons (Fsp3) is 0.250. The first-order valence-corrected chi connectivity index (χ1v) is 12.9. The van der Waals surface area contributed by atoms with Gasteiger partial charge in [-0.3, -0.25) is 10.1 Å². The molecule has 2 N–H and O–H groups in total. The van der Waals surface area contributed by atoms with Crippen molar-refractivity contribution in [2.75, 3.05) is 29.2 Å². The van der Waals surface area contributed by atoms with E-state index in [1.807, 2.05) is 19.1 Å². The summed E-state index contributed by atoms with van der Waals surface area (Å²) in [5.74, 6) is 0.327. The van der Waals surface area contributed by atoms with Crippen molar-refractivity contribution in [1.29, 1.82) is 0 Å². The van der Waals surface area contributed by atoms with Gasteiger partial charge in [0, 0.05) is 45.6 Å². The van der Waals surface area contributed by atoms with Crippen molar-refractivity contribution in [3.05, 3.63) is 87.9 Å². The maximum absolute atomic E-state index is 13.4. The van der Waals surface area contributed by atoms with Crippen molar-refractivity contribution >= 4 is 58.1 Å². The van der Waals surface area contributed by atoms with Crippen LogP contribution in [0.4, 0.5) is 21.9 Å². The average molecular weight is 555 g/mol. The Kier molecular flexibility index (Phi) is 9.10. The molecule has 1 saturated heterocycles. The van der Waals surface area contributed by atoms with Crippen molar-refractivity contribution in [1.82, 2.24) is 0 Å². The molecule has 198 valence electrons. The first-order chi connectivity index (χ1) is 18.4. The van der Waals surface area contributed by atoms with Crippen LogP contribution < -0.4 is 15.5 Å². The van der Waals surface area contributed by atoms with Gasteiger partial charge >= 0.3 is 6.09 Å². The van der Waals surface area contributed by atoms with Crippen LogP contribution in [0.2, 0.25) is 10.0 Å². The van der Waals surface area contributed by atoms with Gasteiger partial charge in [0.2, 0.25) is 6.10 Å². The molecule has 10 heteroatoms. The number of carbonyl (C=O) groups excluding carboxylic acids is 2. The fourth-order valence-corrected chi connectivity index (χ4v) is 4.62. The van der Waals surface area contributed by atoms with Crippen LogP contribution in [0.5, 0.6) is 0 Å². The summed E-state index contributed by atoms with van der Waals surface area (Å²) in [6.07, 6.45) is 0.838. The molecule has 3 aromatic rings. The number of ether oxygens (including phenoxy) is 1. The van der Waals surface area contributed by atoms with Crippen molar-refractivity contribution in [3.63, 3.8) is 0 Å². The standard InChI is InChI=1S/C28H28Cl2N4O4/c1-18-17-21(14-15-24(18)34-16-6-5-9-25(34)33-37-2)31-27(35)26(22-7-3-4-8-23(22)30)38-28(36)32-20-12-10-19(29)11-13-20/h3-4,7-8,10-15,17,26H,5-6,9,16H2,1-2H3,(H,31,35)(H,32,36)/b33-25+. The first kappa shape index (κ1) is 27.3. The van der Waals surface area contributed by atoms with Gasteiger partial charge in [0.05, 0.1) is 0 Å². The highest BCUT2D eigenvalue weighted by molar-refractivity contribution is 6.31. The van der Waals surface area contributed by atoms with E-state index in [0.29, 0.717) is 27.0 Å². The van der Waals surface area contributed by atoms with E-state index in [-0.39, 0.29) is 0 Å². The summed E-state index contributed by atoms with van der Waals surface area (Å²) in [6.45, 7) is 2.80. The lowest BCUT2D eigenvalue weighted by molar-refractivity contribution is -0.124. The molecule has 38 heavy (non-hydrogen) atoms. The lowest BCUT2D eigenvalue weighted by Crippen LogP contribution is -2.36. The number of amides is 2. The maximum Gasteiger partial charge on any atom is 0.412 e. The predicted molar refractivity (Wildman–Crippen MR) is 151 cm³/mol. The third-order valence-corrected chi connectivity index (χ3v) is 6.63. The van der Waals surface area contributed by atoms with Crippen LogP contribution in [0.1, 0.15) is 36.5 Å². The van der Waals surface area contributed by atoms with Crippen molar-refractivity contribution in [2.24, 2.45) is 5.16 Å². The molecule has 2 amide bonds. The number of carbonyl (C=O) groups is 2. The van der Waals surface area contributed by atoms with Crippen LogP contribution in [0.3, 0.4) is 0 Å². The van der Waals surface area contributed by atoms with Crippen LogP contribution >= 0.6 is 23.2 Å². The monoisotopic (exact) mass is 554 g/mol. The third-order valence-electron chi connectivity index (χ3n) is 6.04. The van der Waals surface area contributed by atoms with Crippen molar-refractivity contribution in [3.8, 4) is 0 Å². The summed E-state index contributed by atoms with van der Waals surface area (Å²) in [6, 6.07) is 18.9. The number of nitrogens with zero attached hydrogens (tertiary/aromatic N) is 2. The van der Waals surface area contributed by atoms with E-state index in [2.05, 4.69) is 20.7 Å². The Balaban J connectivity index is 1.53. The van der Waals surface area contributed by atoms with Crippen LogP contribution in [-0.2, 0) is 14.4 Å². The van der Waals surface area contributed by atoms with E-state index in [4.69, 9.17) is 32.8 Å². The summed E-state index contributed by atoms with van der Waals surface area (Å²) < 4.78 is 5.56. The molecule has 4 rings (SSSR count). The summed E-state index contributed by atoms with van der Waals surface area (Å²) in [4.78, 5) is 33.2. The molecule has 1 aliphatic rings. The van der Waals surface area contributed by atoms with Gasteiger partial charge in [-0.2, -0.15) is 0 Å². The zero-order chi connectivity index (χ0) is 27.1. The molecule has 0 aliphatic carbocycles. The van der Waals surface area contributed by atoms with E-state index in [0.717, 1.165) is 42.9 Å². The van der Waals surface area contributed by atoms with Gasteiger partial charge in [0.15, 0.2) is 0 Å². The number of aryl methyl sites for hydroxylation is 1. The third kappa shape index (κ3) is 6.76. The smallest absolute Gasteiger partial charge is 0.412 e. The molecule has 1 unspecified atom stereocenters. The molecule has 0 radical (unpaired) electrons. The quantitative estimate of drug-likeness (QED) is 0.302. The number of halogens is 2. The van der Waals surface area contributed by atoms with Crippen LogP contribution in [0.15, 0.2) is 71.9 Å². The molecule has 0 bridgehead atoms. The van der Waals surface area contributed by atoms with Gasteiger partial charge in [-0.25, -0.2) is 4.79 Å². The SMILES string of the molecule is CO/N=C1\CCCCN1c1ccc(NC(=O)C(OC(=O)Nc2ccc(Cl)cc2)c2ccccc2Cl)cc1C. The number of rotatable bonds is 7. The van der Waals surface area contributed by atoms with Crippen molar-refractivity contribution < 1.29 is 19.2 Å². The number of nitrogens with one attached hydrogen (secondary N) is 2. The number of oxime groups is 1. The van der Waals surface area contributed by atoms with Crippen LogP contribution in [0.25, 0.3) is 0 Å². The van der Waals surface area contributed by atoms with E-state index >= 15 is 0 Å².